The quantitative estimate of drug-likeness (QED) is 0.702. The standard InChI is InChI=1S/C16H13F2NO/c1-19-9-11(16-14(18)6-3-7-15(16)19)10-20-13-5-2-4-12(17)8-13/h2-9H,10H2,1H3. The maximum absolute atomic E-state index is 13.9. The van der Waals surface area contributed by atoms with Gasteiger partial charge in [0, 0.05) is 30.3 Å². The van der Waals surface area contributed by atoms with Crippen molar-refractivity contribution in [3.63, 3.8) is 0 Å². The summed E-state index contributed by atoms with van der Waals surface area (Å²) in [6.45, 7) is 0.196. The zero-order valence-electron chi connectivity index (χ0n) is 10.9. The Kier molecular flexibility index (Phi) is 3.14. The van der Waals surface area contributed by atoms with E-state index < -0.39 is 0 Å². The summed E-state index contributed by atoms with van der Waals surface area (Å²) in [6, 6.07) is 10.9. The molecule has 0 aliphatic rings. The largest absolute Gasteiger partial charge is 0.489 e. The highest BCUT2D eigenvalue weighted by Gasteiger charge is 2.11. The van der Waals surface area contributed by atoms with Crippen LogP contribution in [0.5, 0.6) is 5.75 Å². The van der Waals surface area contributed by atoms with Crippen LogP contribution in [0.4, 0.5) is 8.78 Å². The first-order chi connectivity index (χ1) is 9.65. The Bertz CT molecular complexity index is 764. The molecule has 0 saturated carbocycles. The third kappa shape index (κ3) is 2.25. The van der Waals surface area contributed by atoms with Gasteiger partial charge in [-0.3, -0.25) is 0 Å². The minimum atomic E-state index is -0.355. The van der Waals surface area contributed by atoms with Gasteiger partial charge in [-0.25, -0.2) is 8.78 Å². The number of hydrogen-bond donors (Lipinski definition) is 0. The molecular weight excluding hydrogens is 260 g/mol. The number of hydrogen-bond acceptors (Lipinski definition) is 1. The molecule has 0 fully saturated rings. The van der Waals surface area contributed by atoms with Gasteiger partial charge in [0.05, 0.1) is 5.52 Å². The summed E-state index contributed by atoms with van der Waals surface area (Å²) in [7, 11) is 1.85. The summed E-state index contributed by atoms with van der Waals surface area (Å²) >= 11 is 0. The second-order valence-corrected chi connectivity index (χ2v) is 4.65. The van der Waals surface area contributed by atoms with E-state index in [1.54, 1.807) is 18.2 Å². The topological polar surface area (TPSA) is 14.2 Å². The summed E-state index contributed by atoms with van der Waals surface area (Å²) in [5, 5.41) is 0.548. The molecular formula is C16H13F2NO. The molecule has 0 saturated heterocycles. The molecule has 2 aromatic carbocycles. The van der Waals surface area contributed by atoms with Crippen LogP contribution in [0, 0.1) is 11.6 Å². The Balaban J connectivity index is 1.92. The van der Waals surface area contributed by atoms with Crippen molar-refractivity contribution in [3.05, 3.63) is 65.9 Å². The Morgan fingerprint density at radius 3 is 2.70 bits per heavy atom. The SMILES string of the molecule is Cn1cc(COc2cccc(F)c2)c2c(F)cccc21. The smallest absolute Gasteiger partial charge is 0.132 e. The maximum Gasteiger partial charge on any atom is 0.132 e. The third-order valence-corrected chi connectivity index (χ3v) is 3.23. The normalized spacial score (nSPS) is 10.9. The van der Waals surface area contributed by atoms with Crippen LogP contribution in [0.1, 0.15) is 5.56 Å². The van der Waals surface area contributed by atoms with Gasteiger partial charge in [0.25, 0.3) is 0 Å². The average Bonchev–Trinajstić information content (AvgIpc) is 2.75. The molecule has 3 aromatic rings. The van der Waals surface area contributed by atoms with Gasteiger partial charge in [0.2, 0.25) is 0 Å². The third-order valence-electron chi connectivity index (χ3n) is 3.23. The Morgan fingerprint density at radius 1 is 1.10 bits per heavy atom. The lowest BCUT2D eigenvalue weighted by Crippen LogP contribution is -1.95. The fourth-order valence-corrected chi connectivity index (χ4v) is 2.32. The van der Waals surface area contributed by atoms with Crippen LogP contribution in [-0.4, -0.2) is 4.57 Å². The minimum absolute atomic E-state index is 0.196. The van der Waals surface area contributed by atoms with Crippen LogP contribution in [0.2, 0.25) is 0 Å². The number of aryl methyl sites for hydroxylation is 1. The molecule has 2 nitrogen and oxygen atoms in total. The predicted octanol–water partition coefficient (Wildman–Crippen LogP) is 4.04. The van der Waals surface area contributed by atoms with Gasteiger partial charge in [-0.05, 0) is 24.3 Å². The van der Waals surface area contributed by atoms with Crippen LogP contribution < -0.4 is 4.74 Å². The van der Waals surface area contributed by atoms with E-state index >= 15 is 0 Å². The predicted molar refractivity (Wildman–Crippen MR) is 73.6 cm³/mol. The second-order valence-electron chi connectivity index (χ2n) is 4.65. The number of aromatic nitrogens is 1. The van der Waals surface area contributed by atoms with E-state index in [0.29, 0.717) is 11.1 Å². The first-order valence-corrected chi connectivity index (χ1v) is 6.26. The Hall–Kier alpha value is -2.36. The first kappa shape index (κ1) is 12.7. The molecule has 0 N–H and O–H groups in total. The van der Waals surface area contributed by atoms with Crippen molar-refractivity contribution in [2.24, 2.45) is 7.05 Å². The monoisotopic (exact) mass is 273 g/mol. The summed E-state index contributed by atoms with van der Waals surface area (Å²) in [5.41, 5.74) is 1.55. The van der Waals surface area contributed by atoms with Crippen LogP contribution in [0.15, 0.2) is 48.7 Å². The molecule has 1 aromatic heterocycles. The lowest BCUT2D eigenvalue weighted by atomic mass is 10.2. The van der Waals surface area contributed by atoms with Crippen LogP contribution in [0.3, 0.4) is 0 Å². The molecule has 0 atom stereocenters. The minimum Gasteiger partial charge on any atom is -0.489 e. The molecule has 0 radical (unpaired) electrons. The van der Waals surface area contributed by atoms with Crippen molar-refractivity contribution in [1.82, 2.24) is 4.57 Å². The van der Waals surface area contributed by atoms with E-state index in [-0.39, 0.29) is 18.2 Å². The van der Waals surface area contributed by atoms with Gasteiger partial charge in [-0.2, -0.15) is 0 Å². The van der Waals surface area contributed by atoms with Crippen molar-refractivity contribution in [2.45, 2.75) is 6.61 Å². The molecule has 20 heavy (non-hydrogen) atoms. The maximum atomic E-state index is 13.9. The highest BCUT2D eigenvalue weighted by atomic mass is 19.1. The van der Waals surface area contributed by atoms with E-state index in [0.717, 1.165) is 11.1 Å². The molecule has 4 heteroatoms. The summed E-state index contributed by atoms with van der Waals surface area (Å²) in [5.74, 6) is -0.203. The fraction of sp³-hybridized carbons (Fsp3) is 0.125. The van der Waals surface area contributed by atoms with E-state index in [1.807, 2.05) is 23.9 Å². The molecule has 0 aliphatic heterocycles. The molecule has 0 unspecified atom stereocenters. The van der Waals surface area contributed by atoms with Gasteiger partial charge in [0.15, 0.2) is 0 Å². The van der Waals surface area contributed by atoms with Crippen molar-refractivity contribution in [3.8, 4) is 5.75 Å². The lowest BCUT2D eigenvalue weighted by molar-refractivity contribution is 0.305. The first-order valence-electron chi connectivity index (χ1n) is 6.26. The van der Waals surface area contributed by atoms with Crippen LogP contribution in [0.25, 0.3) is 10.9 Å². The van der Waals surface area contributed by atoms with Gasteiger partial charge >= 0.3 is 0 Å². The van der Waals surface area contributed by atoms with E-state index in [2.05, 4.69) is 0 Å². The fourth-order valence-electron chi connectivity index (χ4n) is 2.32. The molecule has 0 aliphatic carbocycles. The molecule has 1 heterocycles. The van der Waals surface area contributed by atoms with Crippen molar-refractivity contribution < 1.29 is 13.5 Å². The summed E-state index contributed by atoms with van der Waals surface area (Å²) < 4.78 is 34.4. The summed E-state index contributed by atoms with van der Waals surface area (Å²) in [4.78, 5) is 0. The summed E-state index contributed by atoms with van der Waals surface area (Å²) in [6.07, 6.45) is 1.83. The number of halogens is 2. The van der Waals surface area contributed by atoms with Gasteiger partial charge < -0.3 is 9.30 Å². The van der Waals surface area contributed by atoms with Gasteiger partial charge in [-0.15, -0.1) is 0 Å². The van der Waals surface area contributed by atoms with Crippen molar-refractivity contribution >= 4 is 10.9 Å². The number of nitrogens with zero attached hydrogens (tertiary/aromatic N) is 1. The lowest BCUT2D eigenvalue weighted by Gasteiger charge is -2.05. The second kappa shape index (κ2) is 4.96. The zero-order chi connectivity index (χ0) is 14.1. The van der Waals surface area contributed by atoms with Gasteiger partial charge in [0.1, 0.15) is 24.0 Å². The molecule has 0 bridgehead atoms. The zero-order valence-corrected chi connectivity index (χ0v) is 10.9. The van der Waals surface area contributed by atoms with E-state index in [9.17, 15) is 8.78 Å². The number of rotatable bonds is 3. The van der Waals surface area contributed by atoms with Gasteiger partial charge in [-0.1, -0.05) is 12.1 Å². The molecule has 102 valence electrons. The molecule has 0 amide bonds. The highest BCUT2D eigenvalue weighted by Crippen LogP contribution is 2.25. The highest BCUT2D eigenvalue weighted by molar-refractivity contribution is 5.84. The Morgan fingerprint density at radius 2 is 1.90 bits per heavy atom. The number of ether oxygens (including phenoxy) is 1. The van der Waals surface area contributed by atoms with Crippen LogP contribution in [-0.2, 0) is 13.7 Å². The van der Waals surface area contributed by atoms with Crippen molar-refractivity contribution in [1.29, 1.82) is 0 Å². The molecule has 0 spiro atoms. The Labute approximate surface area is 115 Å². The molecule has 3 rings (SSSR count). The average molecular weight is 273 g/mol. The van der Waals surface area contributed by atoms with E-state index in [1.165, 1.54) is 18.2 Å². The van der Waals surface area contributed by atoms with Crippen LogP contribution >= 0.6 is 0 Å². The van der Waals surface area contributed by atoms with E-state index in [4.69, 9.17) is 4.74 Å². The van der Waals surface area contributed by atoms with Crippen molar-refractivity contribution in [2.75, 3.05) is 0 Å². The number of benzene rings is 2. The number of fused-ring (bicyclic) bond motifs is 1.